The molecule has 0 amide bonds. The number of rotatable bonds is 5. The van der Waals surface area contributed by atoms with Gasteiger partial charge in [-0.1, -0.05) is 12.2 Å². The molecule has 0 bridgehead atoms. The minimum atomic E-state index is -0.322. The fourth-order valence-corrected chi connectivity index (χ4v) is 2.90. The third-order valence-corrected chi connectivity index (χ3v) is 3.83. The molecule has 0 saturated carbocycles. The molecular formula is C14H19FN2OS. The monoisotopic (exact) mass is 282 g/mol. The van der Waals surface area contributed by atoms with E-state index in [-0.39, 0.29) is 17.4 Å². The van der Waals surface area contributed by atoms with Gasteiger partial charge in [-0.05, 0) is 43.9 Å². The quantitative estimate of drug-likeness (QED) is 0.813. The van der Waals surface area contributed by atoms with Gasteiger partial charge in [0.25, 0.3) is 0 Å². The summed E-state index contributed by atoms with van der Waals surface area (Å²) < 4.78 is 13.3. The summed E-state index contributed by atoms with van der Waals surface area (Å²) in [6.07, 6.45) is 3.91. The first kappa shape index (κ1) is 14.2. The van der Waals surface area contributed by atoms with E-state index in [1.807, 2.05) is 0 Å². The molecule has 1 atom stereocenters. The van der Waals surface area contributed by atoms with Crippen molar-refractivity contribution in [2.24, 2.45) is 5.73 Å². The number of aliphatic hydroxyl groups excluding tert-OH is 1. The Labute approximate surface area is 118 Å². The Balaban J connectivity index is 2.27. The van der Waals surface area contributed by atoms with E-state index < -0.39 is 0 Å². The fraction of sp³-hybridized carbons (Fsp3) is 0.500. The lowest BCUT2D eigenvalue weighted by Gasteiger charge is -2.28. The van der Waals surface area contributed by atoms with Crippen LogP contribution in [0.2, 0.25) is 0 Å². The van der Waals surface area contributed by atoms with Gasteiger partial charge in [-0.15, -0.1) is 0 Å². The maximum absolute atomic E-state index is 13.3. The van der Waals surface area contributed by atoms with Gasteiger partial charge in [0, 0.05) is 30.4 Å². The number of halogens is 1. The zero-order chi connectivity index (χ0) is 13.8. The third-order valence-electron chi connectivity index (χ3n) is 3.61. The van der Waals surface area contributed by atoms with Crippen molar-refractivity contribution in [3.8, 4) is 0 Å². The second-order valence-corrected chi connectivity index (χ2v) is 5.32. The highest BCUT2D eigenvalue weighted by atomic mass is 32.1. The Kier molecular flexibility index (Phi) is 4.71. The molecule has 5 heteroatoms. The van der Waals surface area contributed by atoms with Gasteiger partial charge >= 0.3 is 0 Å². The maximum atomic E-state index is 13.3. The maximum Gasteiger partial charge on any atom is 0.124 e. The molecule has 104 valence electrons. The summed E-state index contributed by atoms with van der Waals surface area (Å²) in [7, 11) is 0. The zero-order valence-electron chi connectivity index (χ0n) is 10.8. The highest BCUT2D eigenvalue weighted by Gasteiger charge is 2.26. The van der Waals surface area contributed by atoms with Crippen LogP contribution in [0, 0.1) is 5.82 Å². The molecule has 1 aliphatic rings. The number of thiocarbonyl (C=S) groups is 1. The van der Waals surface area contributed by atoms with Crippen LogP contribution in [0.5, 0.6) is 0 Å². The lowest BCUT2D eigenvalue weighted by atomic mass is 10.1. The van der Waals surface area contributed by atoms with Crippen LogP contribution in [0.4, 0.5) is 10.1 Å². The van der Waals surface area contributed by atoms with Crippen molar-refractivity contribution in [2.75, 3.05) is 18.1 Å². The van der Waals surface area contributed by atoms with Crippen molar-refractivity contribution in [1.29, 1.82) is 0 Å². The van der Waals surface area contributed by atoms with E-state index in [9.17, 15) is 4.39 Å². The average molecular weight is 282 g/mol. The van der Waals surface area contributed by atoms with Gasteiger partial charge in [0.2, 0.25) is 0 Å². The predicted octanol–water partition coefficient (Wildman–Crippen LogP) is 2.20. The summed E-state index contributed by atoms with van der Waals surface area (Å²) in [5.74, 6) is -0.322. The molecule has 1 aliphatic heterocycles. The third kappa shape index (κ3) is 3.22. The number of nitrogens with zero attached hydrogens (tertiary/aromatic N) is 1. The molecule has 1 unspecified atom stereocenters. The lowest BCUT2D eigenvalue weighted by Crippen LogP contribution is -2.31. The van der Waals surface area contributed by atoms with Gasteiger partial charge in [0.05, 0.1) is 0 Å². The van der Waals surface area contributed by atoms with Crippen LogP contribution in [0.15, 0.2) is 18.2 Å². The average Bonchev–Trinajstić information content (AvgIpc) is 2.84. The Bertz CT molecular complexity index is 467. The number of hydrogen-bond donors (Lipinski definition) is 2. The number of hydrogen-bond acceptors (Lipinski definition) is 3. The molecule has 0 spiro atoms. The second kappa shape index (κ2) is 6.30. The number of aliphatic hydroxyl groups is 1. The van der Waals surface area contributed by atoms with Crippen molar-refractivity contribution >= 4 is 22.9 Å². The Hall–Kier alpha value is -1.20. The molecule has 1 heterocycles. The highest BCUT2D eigenvalue weighted by molar-refractivity contribution is 7.80. The summed E-state index contributed by atoms with van der Waals surface area (Å²) in [4.78, 5) is 2.46. The van der Waals surface area contributed by atoms with Gasteiger partial charge < -0.3 is 15.7 Å². The van der Waals surface area contributed by atoms with Gasteiger partial charge in [-0.2, -0.15) is 0 Å². The molecule has 1 aromatic rings. The molecule has 0 aromatic heterocycles. The SMILES string of the molecule is NC(=S)c1cc(F)ccc1N1CCCC1CCCO. The molecule has 1 fully saturated rings. The van der Waals surface area contributed by atoms with Crippen LogP contribution in [-0.4, -0.2) is 29.3 Å². The van der Waals surface area contributed by atoms with E-state index in [2.05, 4.69) is 4.90 Å². The summed E-state index contributed by atoms with van der Waals surface area (Å²) in [6.45, 7) is 1.13. The van der Waals surface area contributed by atoms with Crippen LogP contribution in [0.1, 0.15) is 31.2 Å². The number of anilines is 1. The van der Waals surface area contributed by atoms with Crippen molar-refractivity contribution < 1.29 is 9.50 Å². The van der Waals surface area contributed by atoms with E-state index in [1.54, 1.807) is 6.07 Å². The zero-order valence-corrected chi connectivity index (χ0v) is 11.6. The van der Waals surface area contributed by atoms with Crippen molar-refractivity contribution in [2.45, 2.75) is 31.7 Å². The summed E-state index contributed by atoms with van der Waals surface area (Å²) in [6, 6.07) is 4.98. The fourth-order valence-electron chi connectivity index (χ4n) is 2.74. The van der Waals surface area contributed by atoms with E-state index in [4.69, 9.17) is 23.1 Å². The minimum Gasteiger partial charge on any atom is -0.396 e. The van der Waals surface area contributed by atoms with Crippen molar-refractivity contribution in [3.63, 3.8) is 0 Å². The summed E-state index contributed by atoms with van der Waals surface area (Å²) >= 11 is 5.02. The molecule has 19 heavy (non-hydrogen) atoms. The van der Waals surface area contributed by atoms with E-state index in [0.29, 0.717) is 11.6 Å². The second-order valence-electron chi connectivity index (χ2n) is 4.88. The first-order valence-corrected chi connectivity index (χ1v) is 7.01. The molecule has 1 saturated heterocycles. The lowest BCUT2D eigenvalue weighted by molar-refractivity contribution is 0.279. The Morgan fingerprint density at radius 3 is 3.00 bits per heavy atom. The summed E-state index contributed by atoms with van der Waals surface area (Å²) in [5, 5.41) is 8.95. The van der Waals surface area contributed by atoms with Crippen LogP contribution >= 0.6 is 12.2 Å². The molecule has 3 N–H and O–H groups in total. The molecular weight excluding hydrogens is 263 g/mol. The topological polar surface area (TPSA) is 49.5 Å². The Morgan fingerprint density at radius 1 is 1.53 bits per heavy atom. The van der Waals surface area contributed by atoms with Crippen LogP contribution in [-0.2, 0) is 0 Å². The van der Waals surface area contributed by atoms with E-state index in [1.165, 1.54) is 12.1 Å². The van der Waals surface area contributed by atoms with Crippen LogP contribution in [0.25, 0.3) is 0 Å². The number of nitrogens with two attached hydrogens (primary N) is 1. The first-order chi connectivity index (χ1) is 9.13. The summed E-state index contributed by atoms with van der Waals surface area (Å²) in [5.41, 5.74) is 7.21. The van der Waals surface area contributed by atoms with E-state index in [0.717, 1.165) is 37.9 Å². The standard InChI is InChI=1S/C14H19FN2OS/c15-10-5-6-13(12(9-10)14(16)19)17-7-1-3-11(17)4-2-8-18/h5-6,9,11,18H,1-4,7-8H2,(H2,16,19). The van der Waals surface area contributed by atoms with Gasteiger partial charge in [-0.3, -0.25) is 0 Å². The largest absolute Gasteiger partial charge is 0.396 e. The molecule has 0 radical (unpaired) electrons. The minimum absolute atomic E-state index is 0.204. The van der Waals surface area contributed by atoms with Gasteiger partial charge in [-0.25, -0.2) is 4.39 Å². The smallest absolute Gasteiger partial charge is 0.124 e. The predicted molar refractivity (Wildman–Crippen MR) is 79.0 cm³/mol. The van der Waals surface area contributed by atoms with Crippen molar-refractivity contribution in [1.82, 2.24) is 0 Å². The van der Waals surface area contributed by atoms with Gasteiger partial charge in [0.1, 0.15) is 10.8 Å². The molecule has 0 aliphatic carbocycles. The Morgan fingerprint density at radius 2 is 2.32 bits per heavy atom. The first-order valence-electron chi connectivity index (χ1n) is 6.60. The molecule has 3 nitrogen and oxygen atoms in total. The molecule has 2 rings (SSSR count). The van der Waals surface area contributed by atoms with Crippen LogP contribution < -0.4 is 10.6 Å². The number of benzene rings is 1. The highest BCUT2D eigenvalue weighted by Crippen LogP contribution is 2.31. The van der Waals surface area contributed by atoms with Gasteiger partial charge in [0.15, 0.2) is 0 Å². The van der Waals surface area contributed by atoms with Crippen molar-refractivity contribution in [3.05, 3.63) is 29.6 Å². The van der Waals surface area contributed by atoms with E-state index >= 15 is 0 Å². The molecule has 1 aromatic carbocycles. The van der Waals surface area contributed by atoms with Crippen LogP contribution in [0.3, 0.4) is 0 Å². The normalized spacial score (nSPS) is 18.8.